The number of hydrogen-bond donors (Lipinski definition) is 4. The van der Waals surface area contributed by atoms with Gasteiger partial charge in [-0.05, 0) is 45.8 Å². The first-order chi connectivity index (χ1) is 23.3. The second kappa shape index (κ2) is 13.4. The maximum atomic E-state index is 13.9. The largest absolute Gasteiger partial charge is 0.507 e. The van der Waals surface area contributed by atoms with E-state index in [1.165, 1.54) is 32.2 Å². The van der Waals surface area contributed by atoms with Crippen molar-refractivity contribution in [3.8, 4) is 17.2 Å². The third kappa shape index (κ3) is 5.94. The van der Waals surface area contributed by atoms with Crippen LogP contribution < -0.4 is 4.74 Å². The molecule has 6 atom stereocenters. The molecule has 2 aromatic carbocycles. The van der Waals surface area contributed by atoms with Crippen molar-refractivity contribution in [2.45, 2.75) is 82.2 Å². The van der Waals surface area contributed by atoms with Gasteiger partial charge in [0.05, 0.1) is 55.3 Å². The number of carbonyl (C=O) groups excluding carboxylic acids is 3. The lowest BCUT2D eigenvalue weighted by atomic mass is 9.72. The molecule has 13 heteroatoms. The average Bonchev–Trinajstić information content (AvgIpc) is 3.07. The number of fused-ring (bicyclic) bond motifs is 3. The van der Waals surface area contributed by atoms with Crippen LogP contribution in [-0.2, 0) is 30.2 Å². The number of methoxy groups -OCH3 is 3. The summed E-state index contributed by atoms with van der Waals surface area (Å²) in [5.41, 5.74) is -3.11. The molecule has 0 saturated carbocycles. The minimum Gasteiger partial charge on any atom is -0.507 e. The van der Waals surface area contributed by atoms with Gasteiger partial charge in [0.1, 0.15) is 22.8 Å². The number of piperidine rings is 1. The first kappa shape index (κ1) is 35.4. The molecule has 2 aliphatic heterocycles. The first-order valence-corrected chi connectivity index (χ1v) is 16.6. The molecule has 0 spiro atoms. The molecule has 6 unspecified atom stereocenters. The van der Waals surface area contributed by atoms with Gasteiger partial charge in [0.15, 0.2) is 17.9 Å². The zero-order valence-corrected chi connectivity index (χ0v) is 28.5. The van der Waals surface area contributed by atoms with E-state index >= 15 is 0 Å². The second-order valence-electron chi connectivity index (χ2n) is 13.9. The van der Waals surface area contributed by atoms with Crippen LogP contribution in [0.3, 0.4) is 0 Å². The van der Waals surface area contributed by atoms with Gasteiger partial charge in [-0.1, -0.05) is 12.1 Å². The molecule has 2 aliphatic carbocycles. The number of rotatable bonds is 9. The molecule has 0 aromatic heterocycles. The summed E-state index contributed by atoms with van der Waals surface area (Å²) in [4.78, 5) is 42.7. The topological polar surface area (TPSA) is 182 Å². The number of aromatic hydroxyl groups is 2. The molecular weight excluding hydrogens is 638 g/mol. The van der Waals surface area contributed by atoms with Gasteiger partial charge >= 0.3 is 0 Å². The number of aliphatic hydroxyl groups excluding tert-OH is 1. The summed E-state index contributed by atoms with van der Waals surface area (Å²) in [5.74, 6) is -3.11. The molecule has 0 amide bonds. The van der Waals surface area contributed by atoms with E-state index in [4.69, 9.17) is 23.7 Å². The van der Waals surface area contributed by atoms with E-state index in [2.05, 4.69) is 4.90 Å². The zero-order valence-electron chi connectivity index (χ0n) is 28.5. The molecule has 2 fully saturated rings. The van der Waals surface area contributed by atoms with Crippen molar-refractivity contribution in [1.82, 2.24) is 4.90 Å². The molecule has 0 bridgehead atoms. The average molecular weight is 684 g/mol. The van der Waals surface area contributed by atoms with Gasteiger partial charge in [-0.3, -0.25) is 19.3 Å². The Bertz CT molecular complexity index is 1640. The smallest absolute Gasteiger partial charge is 0.202 e. The summed E-state index contributed by atoms with van der Waals surface area (Å²) in [7, 11) is 4.70. The maximum absolute atomic E-state index is 13.9. The number of aliphatic hydroxyl groups is 2. The van der Waals surface area contributed by atoms with Crippen molar-refractivity contribution >= 4 is 17.3 Å². The van der Waals surface area contributed by atoms with Crippen LogP contribution in [0.5, 0.6) is 17.2 Å². The van der Waals surface area contributed by atoms with Crippen molar-refractivity contribution in [1.29, 1.82) is 0 Å². The van der Waals surface area contributed by atoms with E-state index in [0.29, 0.717) is 26.3 Å². The van der Waals surface area contributed by atoms with Gasteiger partial charge in [0.2, 0.25) is 5.78 Å². The first-order valence-electron chi connectivity index (χ1n) is 16.6. The lowest BCUT2D eigenvalue weighted by Gasteiger charge is -2.49. The number of phenols is 2. The van der Waals surface area contributed by atoms with Crippen molar-refractivity contribution < 1.29 is 58.5 Å². The second-order valence-corrected chi connectivity index (χ2v) is 13.9. The highest BCUT2D eigenvalue weighted by molar-refractivity contribution is 6.31. The third-order valence-corrected chi connectivity index (χ3v) is 11.0. The molecule has 49 heavy (non-hydrogen) atoms. The Kier molecular flexibility index (Phi) is 9.65. The third-order valence-electron chi connectivity index (χ3n) is 11.0. The van der Waals surface area contributed by atoms with Crippen molar-refractivity contribution in [2.24, 2.45) is 5.41 Å². The van der Waals surface area contributed by atoms with Crippen LogP contribution in [0.4, 0.5) is 0 Å². The summed E-state index contributed by atoms with van der Waals surface area (Å²) in [5, 5.41) is 46.2. The predicted octanol–water partition coefficient (Wildman–Crippen LogP) is 2.45. The number of likely N-dealkylation sites (tertiary alicyclic amines) is 1. The summed E-state index contributed by atoms with van der Waals surface area (Å²) >= 11 is 0. The standard InChI is InChI=1S/C36H45NO12/c1-18-30(39)22(37-11-9-35(10-12-37,16-45-3)17-46-4)13-25(48-18)49-24-15-36(44,19(2)38)14-21-27(24)34(43)29-28(32(21)41)31(40)20-7-6-8-23(47-5)26(20)33(29)42/h6-8,18,22,24-25,30,39,41,43-44H,9-17H2,1-5H3. The van der Waals surface area contributed by atoms with Crippen LogP contribution >= 0.6 is 0 Å². The predicted molar refractivity (Wildman–Crippen MR) is 173 cm³/mol. The minimum absolute atomic E-state index is 0.00877. The van der Waals surface area contributed by atoms with Crippen LogP contribution in [0, 0.1) is 5.41 Å². The Morgan fingerprint density at radius 1 is 1.00 bits per heavy atom. The van der Waals surface area contributed by atoms with Crippen LogP contribution in [0.25, 0.3) is 0 Å². The summed E-state index contributed by atoms with van der Waals surface area (Å²) in [6, 6.07) is 4.13. The highest BCUT2D eigenvalue weighted by Gasteiger charge is 2.50. The number of ether oxygens (including phenoxy) is 5. The van der Waals surface area contributed by atoms with Crippen molar-refractivity contribution in [3.63, 3.8) is 0 Å². The van der Waals surface area contributed by atoms with Crippen LogP contribution in [-0.4, -0.2) is 120 Å². The van der Waals surface area contributed by atoms with E-state index in [9.17, 15) is 34.8 Å². The highest BCUT2D eigenvalue weighted by Crippen LogP contribution is 2.52. The summed E-state index contributed by atoms with van der Waals surface area (Å²) < 4.78 is 28.9. The fourth-order valence-electron chi connectivity index (χ4n) is 8.24. The number of hydrogen-bond acceptors (Lipinski definition) is 13. The number of Topliss-reactive ketones (excluding diaryl/α,β-unsaturated/α-hetero) is 1. The van der Waals surface area contributed by atoms with Gasteiger partial charge in [0.25, 0.3) is 0 Å². The summed E-state index contributed by atoms with van der Waals surface area (Å²) in [6.45, 7) is 5.40. The number of ketones is 3. The fraction of sp³-hybridized carbons (Fsp3) is 0.583. The maximum Gasteiger partial charge on any atom is 0.202 e. The highest BCUT2D eigenvalue weighted by atomic mass is 16.7. The molecule has 266 valence electrons. The number of nitrogens with zero attached hydrogens (tertiary/aromatic N) is 1. The monoisotopic (exact) mass is 683 g/mol. The Labute approximate surface area is 284 Å². The van der Waals surface area contributed by atoms with Gasteiger partial charge in [-0.2, -0.15) is 0 Å². The Morgan fingerprint density at radius 3 is 2.27 bits per heavy atom. The van der Waals surface area contributed by atoms with Crippen molar-refractivity contribution in [3.05, 3.63) is 51.6 Å². The summed E-state index contributed by atoms with van der Waals surface area (Å²) in [6.07, 6.45) is -2.62. The molecular formula is C36H45NO12. The number of phenolic OH excluding ortho intramolecular Hbond substituents is 2. The molecule has 2 aromatic rings. The number of carbonyl (C=O) groups is 3. The van der Waals surface area contributed by atoms with Crippen LogP contribution in [0.1, 0.15) is 88.6 Å². The Balaban J connectivity index is 1.35. The van der Waals surface area contributed by atoms with Crippen LogP contribution in [0.2, 0.25) is 0 Å². The van der Waals surface area contributed by atoms with E-state index < -0.39 is 76.6 Å². The van der Waals surface area contributed by atoms with E-state index in [-0.39, 0.29) is 52.3 Å². The fourth-order valence-corrected chi connectivity index (χ4v) is 8.24. The lowest BCUT2D eigenvalue weighted by Crippen LogP contribution is -2.58. The quantitative estimate of drug-likeness (QED) is 0.242. The van der Waals surface area contributed by atoms with E-state index in [1.54, 1.807) is 21.1 Å². The van der Waals surface area contributed by atoms with Crippen LogP contribution in [0.15, 0.2) is 18.2 Å². The normalized spacial score (nSPS) is 29.6. The Hall–Kier alpha value is -3.43. The molecule has 6 rings (SSSR count). The Morgan fingerprint density at radius 2 is 1.65 bits per heavy atom. The van der Waals surface area contributed by atoms with Gasteiger partial charge in [-0.25, -0.2) is 0 Å². The molecule has 4 aliphatic rings. The zero-order chi connectivity index (χ0) is 35.4. The number of benzene rings is 2. The SMILES string of the molecule is COCC1(COC)CCN(C2CC(OC3CC(O)(C(C)=O)Cc4c(O)c5c(c(O)c43)C(=O)c3c(OC)cccc3C5=O)OC(C)C2O)CC1. The molecule has 13 nitrogen and oxygen atoms in total. The van der Waals surface area contributed by atoms with Crippen molar-refractivity contribution in [2.75, 3.05) is 47.6 Å². The lowest BCUT2D eigenvalue weighted by molar-refractivity contribution is -0.260. The molecule has 4 N–H and O–H groups in total. The minimum atomic E-state index is -2.02. The molecule has 2 heterocycles. The van der Waals surface area contributed by atoms with Gasteiger partial charge in [0, 0.05) is 61.6 Å². The van der Waals surface area contributed by atoms with E-state index in [1.807, 2.05) is 0 Å². The molecule has 0 radical (unpaired) electrons. The van der Waals surface area contributed by atoms with Gasteiger partial charge in [-0.15, -0.1) is 0 Å². The molecule has 2 saturated heterocycles. The van der Waals surface area contributed by atoms with Gasteiger partial charge < -0.3 is 44.1 Å². The van der Waals surface area contributed by atoms with E-state index in [0.717, 1.165) is 12.8 Å².